The van der Waals surface area contributed by atoms with Crippen molar-refractivity contribution in [2.24, 2.45) is 0 Å². The zero-order valence-electron chi connectivity index (χ0n) is 11.6. The molecule has 1 rings (SSSR count). The van der Waals surface area contributed by atoms with Gasteiger partial charge in [-0.15, -0.1) is 0 Å². The van der Waals surface area contributed by atoms with Gasteiger partial charge in [0.2, 0.25) is 0 Å². The highest BCUT2D eigenvalue weighted by Gasteiger charge is 2.26. The minimum absolute atomic E-state index is 0.136. The van der Waals surface area contributed by atoms with E-state index in [4.69, 9.17) is 4.74 Å². The van der Waals surface area contributed by atoms with Crippen LogP contribution in [0.25, 0.3) is 0 Å². The van der Waals surface area contributed by atoms with Gasteiger partial charge in [-0.1, -0.05) is 0 Å². The van der Waals surface area contributed by atoms with Crippen LogP contribution < -0.4 is 10.4 Å². The Balaban J connectivity index is 2.33. The van der Waals surface area contributed by atoms with E-state index in [0.29, 0.717) is 6.54 Å². The van der Waals surface area contributed by atoms with Gasteiger partial charge in [0, 0.05) is 32.7 Å². The van der Waals surface area contributed by atoms with E-state index >= 15 is 0 Å². The average molecular weight is 293 g/mol. The molecule has 0 spiro atoms. The summed E-state index contributed by atoms with van der Waals surface area (Å²) in [5.74, 6) is -0.501. The van der Waals surface area contributed by atoms with Gasteiger partial charge in [-0.3, -0.25) is 9.36 Å². The van der Waals surface area contributed by atoms with E-state index in [2.05, 4.69) is 15.3 Å². The first-order valence-electron chi connectivity index (χ1n) is 6.64. The van der Waals surface area contributed by atoms with Gasteiger partial charge < -0.3 is 19.8 Å². The first-order chi connectivity index (χ1) is 8.94. The third-order valence-electron chi connectivity index (χ3n) is 2.96. The number of carbonyl (C=O) groups is 1. The van der Waals surface area contributed by atoms with E-state index in [9.17, 15) is 14.3 Å². The maximum Gasteiger partial charge on any atom is 0.323 e. The van der Waals surface area contributed by atoms with Gasteiger partial charge in [0.25, 0.3) is 7.52 Å². The topological polar surface area (TPSA) is 90.9 Å². The molecular weight excluding hydrogens is 269 g/mol. The van der Waals surface area contributed by atoms with Gasteiger partial charge in [0.1, 0.15) is 6.04 Å². The normalized spacial score (nSPS) is 21.6. The molecule has 7 nitrogen and oxygen atoms in total. The summed E-state index contributed by atoms with van der Waals surface area (Å²) in [6.07, 6.45) is 0.136. The molecule has 1 heterocycles. The van der Waals surface area contributed by atoms with Crippen molar-refractivity contribution in [1.29, 1.82) is 0 Å². The molecule has 0 aromatic carbocycles. The van der Waals surface area contributed by atoms with Crippen LogP contribution in [-0.4, -0.2) is 67.3 Å². The summed E-state index contributed by atoms with van der Waals surface area (Å²) in [5.41, 5.74) is 0. The number of esters is 1. The van der Waals surface area contributed by atoms with E-state index in [1.54, 1.807) is 6.92 Å². The molecule has 0 saturated carbocycles. The van der Waals surface area contributed by atoms with Crippen molar-refractivity contribution in [2.75, 3.05) is 45.5 Å². The van der Waals surface area contributed by atoms with E-state index < -0.39 is 19.5 Å². The van der Waals surface area contributed by atoms with Crippen molar-refractivity contribution in [3.63, 3.8) is 0 Å². The molecule has 0 aromatic heterocycles. The molecule has 112 valence electrons. The zero-order valence-corrected chi connectivity index (χ0v) is 12.5. The molecule has 1 unspecified atom stereocenters. The van der Waals surface area contributed by atoms with Gasteiger partial charge in [-0.05, 0) is 13.8 Å². The molecule has 1 fully saturated rings. The summed E-state index contributed by atoms with van der Waals surface area (Å²) in [6, 6.07) is -0.765. The van der Waals surface area contributed by atoms with Crippen molar-refractivity contribution in [3.8, 4) is 0 Å². The van der Waals surface area contributed by atoms with Crippen LogP contribution in [0.4, 0.5) is 0 Å². The largest absolute Gasteiger partial charge is 0.465 e. The number of carbonyl (C=O) groups excluding carboxylic acids is 1. The first-order valence-corrected chi connectivity index (χ1v) is 8.48. The third kappa shape index (κ3) is 6.49. The van der Waals surface area contributed by atoms with Crippen molar-refractivity contribution in [1.82, 2.24) is 15.3 Å². The Morgan fingerprint density at radius 2 is 2.16 bits per heavy atom. The van der Waals surface area contributed by atoms with Crippen LogP contribution in [0.2, 0.25) is 0 Å². The van der Waals surface area contributed by atoms with Crippen LogP contribution >= 0.6 is 7.52 Å². The monoisotopic (exact) mass is 293 g/mol. The molecule has 0 bridgehead atoms. The van der Waals surface area contributed by atoms with Crippen LogP contribution in [0.3, 0.4) is 0 Å². The summed E-state index contributed by atoms with van der Waals surface area (Å²) < 4.78 is 16.8. The fourth-order valence-electron chi connectivity index (χ4n) is 1.90. The van der Waals surface area contributed by atoms with Gasteiger partial charge in [0.05, 0.1) is 12.8 Å². The van der Waals surface area contributed by atoms with Gasteiger partial charge in [-0.25, -0.2) is 5.09 Å². The van der Waals surface area contributed by atoms with Crippen LogP contribution in [0.1, 0.15) is 13.8 Å². The zero-order chi connectivity index (χ0) is 14.3. The second-order valence-corrected chi connectivity index (χ2v) is 6.73. The summed E-state index contributed by atoms with van der Waals surface area (Å²) in [5, 5.41) is 5.70. The Morgan fingerprint density at radius 3 is 2.74 bits per heavy atom. The van der Waals surface area contributed by atoms with Crippen LogP contribution in [0, 0.1) is 0 Å². The smallest absolute Gasteiger partial charge is 0.323 e. The van der Waals surface area contributed by atoms with Crippen molar-refractivity contribution >= 4 is 13.5 Å². The molecule has 1 aliphatic rings. The summed E-state index contributed by atoms with van der Waals surface area (Å²) in [4.78, 5) is 23.4. The number of piperazine rings is 1. The van der Waals surface area contributed by atoms with E-state index in [0.717, 1.165) is 26.2 Å². The number of hydrogen-bond acceptors (Lipinski definition) is 5. The van der Waals surface area contributed by atoms with Crippen LogP contribution in [-0.2, 0) is 14.1 Å². The number of ether oxygens (including phenoxy) is 1. The number of nitrogens with zero attached hydrogens (tertiary/aromatic N) is 1. The molecule has 0 radical (unpaired) electrons. The van der Waals surface area contributed by atoms with Crippen LogP contribution in [0.5, 0.6) is 0 Å². The molecule has 3 N–H and O–H groups in total. The van der Waals surface area contributed by atoms with Gasteiger partial charge in [0.15, 0.2) is 0 Å². The Kier molecular flexibility index (Phi) is 6.96. The lowest BCUT2D eigenvalue weighted by Crippen LogP contribution is -2.45. The van der Waals surface area contributed by atoms with E-state index in [1.807, 2.05) is 0 Å². The molecule has 0 aliphatic carbocycles. The molecular formula is C11H24N3O4P. The SMILES string of the molecule is CCOC(=O)[C@H](C)NP(=O)(O)CCN1CCNCC1. The van der Waals surface area contributed by atoms with Crippen molar-refractivity contribution in [3.05, 3.63) is 0 Å². The predicted octanol–water partition coefficient (Wildman–Crippen LogP) is -0.382. The Morgan fingerprint density at radius 1 is 1.53 bits per heavy atom. The van der Waals surface area contributed by atoms with E-state index in [-0.39, 0.29) is 12.8 Å². The maximum absolute atomic E-state index is 12.0. The van der Waals surface area contributed by atoms with Gasteiger partial charge in [-0.2, -0.15) is 0 Å². The Bertz CT molecular complexity index is 334. The van der Waals surface area contributed by atoms with E-state index in [1.165, 1.54) is 6.92 Å². The molecule has 8 heteroatoms. The summed E-state index contributed by atoms with van der Waals surface area (Å²) in [6.45, 7) is 7.63. The standard InChI is InChI=1S/C11H24N3O4P/c1-3-18-11(15)10(2)13-19(16,17)9-8-14-6-4-12-5-7-14/h10,12H,3-9H2,1-2H3,(H2,13,16,17)/t10-/m0/s1. The highest BCUT2D eigenvalue weighted by molar-refractivity contribution is 7.55. The van der Waals surface area contributed by atoms with Gasteiger partial charge >= 0.3 is 5.97 Å². The lowest BCUT2D eigenvalue weighted by Gasteiger charge is -2.28. The highest BCUT2D eigenvalue weighted by Crippen LogP contribution is 2.35. The second-order valence-electron chi connectivity index (χ2n) is 4.62. The maximum atomic E-state index is 12.0. The molecule has 2 atom stereocenters. The second kappa shape index (κ2) is 7.97. The molecule has 0 amide bonds. The van der Waals surface area contributed by atoms with Crippen molar-refractivity contribution in [2.45, 2.75) is 19.9 Å². The molecule has 0 aromatic rings. The summed E-state index contributed by atoms with van der Waals surface area (Å²) >= 11 is 0. The Hall–Kier alpha value is -0.460. The highest BCUT2D eigenvalue weighted by atomic mass is 31.2. The molecule has 19 heavy (non-hydrogen) atoms. The molecule has 1 aliphatic heterocycles. The number of rotatable bonds is 7. The fraction of sp³-hybridized carbons (Fsp3) is 0.909. The quantitative estimate of drug-likeness (QED) is 0.435. The average Bonchev–Trinajstić information content (AvgIpc) is 2.37. The Labute approximate surface area is 114 Å². The minimum atomic E-state index is -3.51. The predicted molar refractivity (Wildman–Crippen MR) is 73.2 cm³/mol. The van der Waals surface area contributed by atoms with Crippen LogP contribution in [0.15, 0.2) is 0 Å². The summed E-state index contributed by atoms with van der Waals surface area (Å²) in [7, 11) is -3.51. The minimum Gasteiger partial charge on any atom is -0.465 e. The number of nitrogens with one attached hydrogen (secondary N) is 2. The molecule has 1 saturated heterocycles. The lowest BCUT2D eigenvalue weighted by molar-refractivity contribution is -0.144. The fourth-order valence-corrected chi connectivity index (χ4v) is 3.29. The first kappa shape index (κ1) is 16.6. The third-order valence-corrected chi connectivity index (χ3v) is 4.56. The number of hydrogen-bond donors (Lipinski definition) is 3. The van der Waals surface area contributed by atoms with Crippen molar-refractivity contribution < 1.29 is 19.0 Å². The lowest BCUT2D eigenvalue weighted by atomic mass is 10.4.